The number of guanidine groups is 1. The van der Waals surface area contributed by atoms with Crippen molar-refractivity contribution in [1.82, 2.24) is 10.7 Å². The van der Waals surface area contributed by atoms with E-state index in [0.717, 1.165) is 5.92 Å². The van der Waals surface area contributed by atoms with Crippen LogP contribution in [0, 0.1) is 11.8 Å². The molecular formula is C12H26N4O. The largest absolute Gasteiger partial charge is 0.383 e. The summed E-state index contributed by atoms with van der Waals surface area (Å²) in [4.78, 5) is 4.33. The van der Waals surface area contributed by atoms with E-state index in [4.69, 9.17) is 10.6 Å². The molecule has 1 saturated carbocycles. The summed E-state index contributed by atoms with van der Waals surface area (Å²) in [6, 6.07) is 0.484. The summed E-state index contributed by atoms with van der Waals surface area (Å²) in [7, 11) is 1.67. The highest BCUT2D eigenvalue weighted by molar-refractivity contribution is 5.79. The third-order valence-corrected chi connectivity index (χ3v) is 3.78. The number of nitrogens with zero attached hydrogens (tertiary/aromatic N) is 1. The van der Waals surface area contributed by atoms with Crippen molar-refractivity contribution in [3.8, 4) is 0 Å². The molecule has 1 aliphatic rings. The minimum Gasteiger partial charge on any atom is -0.383 e. The lowest BCUT2D eigenvalue weighted by Gasteiger charge is -2.22. The highest BCUT2D eigenvalue weighted by Gasteiger charge is 2.31. The molecule has 1 aliphatic carbocycles. The Kier molecular flexibility index (Phi) is 6.29. The molecule has 0 heterocycles. The molecule has 0 aromatic carbocycles. The first-order valence-corrected chi connectivity index (χ1v) is 6.49. The Labute approximate surface area is 104 Å². The van der Waals surface area contributed by atoms with Gasteiger partial charge in [0.15, 0.2) is 0 Å². The number of ether oxygens (including phenoxy) is 1. The molecule has 17 heavy (non-hydrogen) atoms. The van der Waals surface area contributed by atoms with E-state index < -0.39 is 0 Å². The lowest BCUT2D eigenvalue weighted by atomic mass is 9.93. The lowest BCUT2D eigenvalue weighted by Crippen LogP contribution is -2.47. The number of hydrogen-bond acceptors (Lipinski definition) is 3. The molecule has 0 radical (unpaired) electrons. The van der Waals surface area contributed by atoms with E-state index in [0.29, 0.717) is 31.1 Å². The summed E-state index contributed by atoms with van der Waals surface area (Å²) in [6.45, 7) is 5.81. The van der Waals surface area contributed by atoms with Crippen molar-refractivity contribution in [3.05, 3.63) is 0 Å². The van der Waals surface area contributed by atoms with Gasteiger partial charge in [-0.25, -0.2) is 10.8 Å². The van der Waals surface area contributed by atoms with Gasteiger partial charge in [0.25, 0.3) is 0 Å². The number of hydrogen-bond donors (Lipinski definition) is 3. The van der Waals surface area contributed by atoms with Crippen molar-refractivity contribution in [3.63, 3.8) is 0 Å². The second-order valence-electron chi connectivity index (χ2n) is 4.72. The van der Waals surface area contributed by atoms with Crippen LogP contribution in [0.15, 0.2) is 4.99 Å². The molecule has 5 heteroatoms. The summed E-state index contributed by atoms with van der Waals surface area (Å²) in [6.07, 6.45) is 3.75. The second-order valence-corrected chi connectivity index (χ2v) is 4.72. The Morgan fingerprint density at radius 2 is 2.24 bits per heavy atom. The molecule has 0 saturated heterocycles. The highest BCUT2D eigenvalue weighted by Crippen LogP contribution is 2.33. The van der Waals surface area contributed by atoms with Gasteiger partial charge in [0.2, 0.25) is 5.96 Å². The van der Waals surface area contributed by atoms with Crippen molar-refractivity contribution >= 4 is 5.96 Å². The summed E-state index contributed by atoms with van der Waals surface area (Å²) in [5.41, 5.74) is 2.62. The lowest BCUT2D eigenvalue weighted by molar-refractivity contribution is 0.207. The average Bonchev–Trinajstić information content (AvgIpc) is 2.69. The van der Waals surface area contributed by atoms with E-state index >= 15 is 0 Å². The minimum absolute atomic E-state index is 0.484. The Morgan fingerprint density at radius 3 is 2.76 bits per heavy atom. The van der Waals surface area contributed by atoms with Crippen molar-refractivity contribution < 1.29 is 4.74 Å². The highest BCUT2D eigenvalue weighted by atomic mass is 16.5. The van der Waals surface area contributed by atoms with Crippen LogP contribution in [0.4, 0.5) is 0 Å². The topological polar surface area (TPSA) is 71.7 Å². The predicted molar refractivity (Wildman–Crippen MR) is 70.6 cm³/mol. The van der Waals surface area contributed by atoms with Crippen LogP contribution in [-0.2, 0) is 4.74 Å². The molecule has 5 nitrogen and oxygen atoms in total. The minimum atomic E-state index is 0.484. The van der Waals surface area contributed by atoms with Crippen LogP contribution in [0.2, 0.25) is 0 Å². The van der Waals surface area contributed by atoms with Gasteiger partial charge in [0, 0.05) is 13.2 Å². The van der Waals surface area contributed by atoms with Gasteiger partial charge >= 0.3 is 0 Å². The first-order chi connectivity index (χ1) is 8.22. The van der Waals surface area contributed by atoms with Crippen LogP contribution < -0.4 is 16.6 Å². The molecule has 100 valence electrons. The maximum absolute atomic E-state index is 5.46. The van der Waals surface area contributed by atoms with Gasteiger partial charge in [-0.05, 0) is 24.7 Å². The Bertz CT molecular complexity index is 245. The fourth-order valence-corrected chi connectivity index (χ4v) is 2.58. The number of rotatable bonds is 5. The maximum Gasteiger partial charge on any atom is 0.206 e. The van der Waals surface area contributed by atoms with Gasteiger partial charge in [-0.1, -0.05) is 20.3 Å². The second kappa shape index (κ2) is 7.50. The van der Waals surface area contributed by atoms with Gasteiger partial charge in [-0.3, -0.25) is 5.43 Å². The normalized spacial score (nSPS) is 29.4. The summed E-state index contributed by atoms with van der Waals surface area (Å²) >= 11 is 0. The SMILES string of the molecule is CCC1CCC(NC(=NCCOC)NN)C1C. The van der Waals surface area contributed by atoms with Crippen molar-refractivity contribution in [2.24, 2.45) is 22.7 Å². The van der Waals surface area contributed by atoms with Crippen LogP contribution in [-0.4, -0.2) is 32.3 Å². The molecule has 1 rings (SSSR count). The molecule has 3 unspecified atom stereocenters. The number of hydrazine groups is 1. The fraction of sp³-hybridized carbons (Fsp3) is 0.917. The van der Waals surface area contributed by atoms with E-state index in [2.05, 4.69) is 29.6 Å². The van der Waals surface area contributed by atoms with Gasteiger partial charge in [-0.15, -0.1) is 0 Å². The smallest absolute Gasteiger partial charge is 0.206 e. The zero-order valence-electron chi connectivity index (χ0n) is 11.2. The molecule has 3 atom stereocenters. The molecule has 0 aromatic heterocycles. The van der Waals surface area contributed by atoms with E-state index in [1.165, 1.54) is 19.3 Å². The van der Waals surface area contributed by atoms with Gasteiger partial charge in [-0.2, -0.15) is 0 Å². The van der Waals surface area contributed by atoms with Crippen LogP contribution in [0.25, 0.3) is 0 Å². The molecule has 0 bridgehead atoms. The zero-order chi connectivity index (χ0) is 12.7. The van der Waals surface area contributed by atoms with E-state index in [9.17, 15) is 0 Å². The Balaban J connectivity index is 2.43. The van der Waals surface area contributed by atoms with Crippen molar-refractivity contribution in [2.75, 3.05) is 20.3 Å². The van der Waals surface area contributed by atoms with Crippen LogP contribution in [0.5, 0.6) is 0 Å². The quantitative estimate of drug-likeness (QED) is 0.220. The van der Waals surface area contributed by atoms with Gasteiger partial charge in [0.1, 0.15) is 0 Å². The number of methoxy groups -OCH3 is 1. The average molecular weight is 242 g/mol. The van der Waals surface area contributed by atoms with Crippen molar-refractivity contribution in [1.29, 1.82) is 0 Å². The third-order valence-electron chi connectivity index (χ3n) is 3.78. The molecule has 4 N–H and O–H groups in total. The number of nitrogens with one attached hydrogen (secondary N) is 2. The molecular weight excluding hydrogens is 216 g/mol. The van der Waals surface area contributed by atoms with Gasteiger partial charge in [0.05, 0.1) is 13.2 Å². The first kappa shape index (κ1) is 14.3. The monoisotopic (exact) mass is 242 g/mol. The fourth-order valence-electron chi connectivity index (χ4n) is 2.58. The molecule has 0 amide bonds. The van der Waals surface area contributed by atoms with Gasteiger partial charge < -0.3 is 10.1 Å². The summed E-state index contributed by atoms with van der Waals surface area (Å²) < 4.78 is 4.96. The summed E-state index contributed by atoms with van der Waals surface area (Å²) in [5.74, 6) is 7.64. The number of aliphatic imine (C=N–C) groups is 1. The predicted octanol–water partition coefficient (Wildman–Crippen LogP) is 0.866. The molecule has 0 aliphatic heterocycles. The Morgan fingerprint density at radius 1 is 1.47 bits per heavy atom. The number of nitrogens with two attached hydrogens (primary N) is 1. The molecule has 1 fully saturated rings. The van der Waals surface area contributed by atoms with E-state index in [1.807, 2.05) is 0 Å². The van der Waals surface area contributed by atoms with Crippen LogP contribution in [0.1, 0.15) is 33.1 Å². The standard InChI is InChI=1S/C12H26N4O/c1-4-10-5-6-11(9(10)2)15-12(16-13)14-7-8-17-3/h9-11H,4-8,13H2,1-3H3,(H2,14,15,16). The Hall–Kier alpha value is -0.810. The van der Waals surface area contributed by atoms with E-state index in [1.54, 1.807) is 7.11 Å². The zero-order valence-corrected chi connectivity index (χ0v) is 11.2. The molecule has 0 spiro atoms. The third kappa shape index (κ3) is 4.16. The van der Waals surface area contributed by atoms with Crippen LogP contribution >= 0.6 is 0 Å². The first-order valence-electron chi connectivity index (χ1n) is 6.49. The van der Waals surface area contributed by atoms with Crippen LogP contribution in [0.3, 0.4) is 0 Å². The molecule has 0 aromatic rings. The van der Waals surface area contributed by atoms with Crippen molar-refractivity contribution in [2.45, 2.75) is 39.2 Å². The van der Waals surface area contributed by atoms with E-state index in [-0.39, 0.29) is 0 Å². The maximum atomic E-state index is 5.46. The summed E-state index contributed by atoms with van der Waals surface area (Å²) in [5, 5.41) is 3.40.